The summed E-state index contributed by atoms with van der Waals surface area (Å²) >= 11 is 5.03. The summed E-state index contributed by atoms with van der Waals surface area (Å²) in [7, 11) is 1.31. The van der Waals surface area contributed by atoms with Gasteiger partial charge in [-0.1, -0.05) is 28.3 Å². The van der Waals surface area contributed by atoms with Crippen molar-refractivity contribution in [3.05, 3.63) is 27.4 Å². The molecule has 2 atom stereocenters. The summed E-state index contributed by atoms with van der Waals surface area (Å²) in [6.07, 6.45) is -0.921. The molecule has 0 saturated carbocycles. The Balaban J connectivity index is 0.00000380. The fraction of sp³-hybridized carbons (Fsp3) is 0.333. The number of hydrogen-bond acceptors (Lipinski definition) is 15. The first kappa shape index (κ1) is 29.3. The second-order valence-corrected chi connectivity index (χ2v) is 11.5. The summed E-state index contributed by atoms with van der Waals surface area (Å²) in [5.74, 6) is -2.37. The summed E-state index contributed by atoms with van der Waals surface area (Å²) < 4.78 is 0.679. The minimum Gasteiger partial charge on any atom is -0.543 e. The van der Waals surface area contributed by atoms with Crippen LogP contribution in [0.1, 0.15) is 10.7 Å². The molecule has 4 heterocycles. The number of aliphatic carboxylic acids is 1. The first-order valence-corrected chi connectivity index (χ1v) is 13.7. The van der Waals surface area contributed by atoms with E-state index < -0.39 is 35.3 Å². The molecule has 2 aromatic rings. The summed E-state index contributed by atoms with van der Waals surface area (Å²) in [5.41, 5.74) is 5.58. The number of nitrogen functional groups attached to an aromatic ring is 1. The Bertz CT molecular complexity index is 1300. The van der Waals surface area contributed by atoms with Gasteiger partial charge in [-0.25, -0.2) is 9.78 Å². The van der Waals surface area contributed by atoms with Gasteiger partial charge >= 0.3 is 35.7 Å². The van der Waals surface area contributed by atoms with E-state index in [2.05, 4.69) is 35.8 Å². The maximum absolute atomic E-state index is 13.0. The molecule has 0 spiro atoms. The Morgan fingerprint density at radius 1 is 1.38 bits per heavy atom. The van der Waals surface area contributed by atoms with Gasteiger partial charge in [0.25, 0.3) is 11.8 Å². The molecule has 1 saturated heterocycles. The number of rotatable bonds is 8. The molecule has 0 aromatic carbocycles. The number of β-lactam (4-membered cyclic amide) rings is 1. The van der Waals surface area contributed by atoms with E-state index in [1.165, 1.54) is 47.3 Å². The molecule has 19 heteroatoms. The summed E-state index contributed by atoms with van der Waals surface area (Å²) in [4.78, 5) is 58.9. The number of nitrogens with two attached hydrogens (primary N) is 1. The Morgan fingerprint density at radius 3 is 2.73 bits per heavy atom. The number of carbonyl (C=O) groups is 4. The van der Waals surface area contributed by atoms with Crippen LogP contribution in [0.4, 0.5) is 9.93 Å². The van der Waals surface area contributed by atoms with Crippen LogP contribution >= 0.6 is 46.2 Å². The van der Waals surface area contributed by atoms with Gasteiger partial charge < -0.3 is 26.3 Å². The van der Waals surface area contributed by atoms with E-state index in [1.807, 2.05) is 6.92 Å². The minimum atomic E-state index is -1.48. The number of aromatic nitrogens is 3. The molecular formula is C18H17N8NaO6S4. The predicted molar refractivity (Wildman–Crippen MR) is 131 cm³/mol. The van der Waals surface area contributed by atoms with Gasteiger partial charge in [0.2, 0.25) is 0 Å². The van der Waals surface area contributed by atoms with Crippen molar-refractivity contribution in [1.82, 2.24) is 30.7 Å². The molecule has 14 nitrogen and oxygen atoms in total. The van der Waals surface area contributed by atoms with Crippen molar-refractivity contribution < 1.29 is 58.7 Å². The Morgan fingerprint density at radius 2 is 2.14 bits per heavy atom. The van der Waals surface area contributed by atoms with Crippen molar-refractivity contribution in [3.63, 3.8) is 0 Å². The topological polar surface area (TPSA) is 205 Å². The average molecular weight is 593 g/mol. The number of carboxylic acid groups (broad SMARTS) is 1. The van der Waals surface area contributed by atoms with Gasteiger partial charge in [0, 0.05) is 23.9 Å². The summed E-state index contributed by atoms with van der Waals surface area (Å²) in [5, 5.41) is 29.8. The van der Waals surface area contributed by atoms with Gasteiger partial charge in [0.05, 0.1) is 11.7 Å². The summed E-state index contributed by atoms with van der Waals surface area (Å²) in [6, 6.07) is -1.04. The maximum atomic E-state index is 13.0. The Kier molecular flexibility index (Phi) is 9.95. The fourth-order valence-corrected chi connectivity index (χ4v) is 7.06. The predicted octanol–water partition coefficient (Wildman–Crippen LogP) is -3.85. The zero-order chi connectivity index (χ0) is 26.0. The number of nitrogens with one attached hydrogen (secondary N) is 2. The number of oxime groups is 1. The Hall–Kier alpha value is -2.22. The average Bonchev–Trinajstić information content (AvgIpc) is 3.47. The molecule has 1 fully saturated rings. The van der Waals surface area contributed by atoms with E-state index in [-0.39, 0.29) is 57.5 Å². The van der Waals surface area contributed by atoms with E-state index in [1.54, 1.807) is 0 Å². The van der Waals surface area contributed by atoms with Crippen LogP contribution in [0.25, 0.3) is 0 Å². The number of carboxylic acids is 1. The third kappa shape index (κ3) is 6.44. The van der Waals surface area contributed by atoms with Gasteiger partial charge in [-0.05, 0) is 12.5 Å². The molecule has 0 bridgehead atoms. The summed E-state index contributed by atoms with van der Waals surface area (Å²) in [6.45, 7) is 1.81. The molecule has 37 heavy (non-hydrogen) atoms. The van der Waals surface area contributed by atoms with Crippen molar-refractivity contribution >= 4 is 80.9 Å². The van der Waals surface area contributed by atoms with Crippen molar-refractivity contribution in [2.75, 3.05) is 24.3 Å². The van der Waals surface area contributed by atoms with E-state index in [0.29, 0.717) is 15.7 Å². The van der Waals surface area contributed by atoms with Gasteiger partial charge in [0.1, 0.15) is 22.1 Å². The molecule has 190 valence electrons. The standard InChI is InChI=1S/C18H18N8O6S4.Na/c1-6-23-24-18(36-6)35-4-7-3-33-14-10(13(28)26(14)11(7)15(29)30)22-12(27)9(25-32-17(31)20-2)8-5-34-16(19)21-8;/h5,10,14H,3-4H2,1-2H3,(H2,19,21)(H,20,31)(H,22,27)(H,29,30);/q;+1/p-1/t10?,14-;/m0./s1. The number of anilines is 1. The third-order valence-corrected chi connectivity index (χ3v) is 8.88. The maximum Gasteiger partial charge on any atom is 1.00 e. The third-order valence-electron chi connectivity index (χ3n) is 4.81. The largest absolute Gasteiger partial charge is 1.00 e. The van der Waals surface area contributed by atoms with E-state index in [9.17, 15) is 24.3 Å². The fourth-order valence-electron chi connectivity index (χ4n) is 3.21. The zero-order valence-electron chi connectivity index (χ0n) is 19.5. The number of aryl methyl sites for hydroxylation is 1. The van der Waals surface area contributed by atoms with E-state index in [0.717, 1.165) is 21.2 Å². The van der Waals surface area contributed by atoms with Crippen LogP contribution < -0.4 is 51.0 Å². The van der Waals surface area contributed by atoms with Crippen LogP contribution in [0.5, 0.6) is 0 Å². The zero-order valence-corrected chi connectivity index (χ0v) is 24.8. The minimum absolute atomic E-state index is 0. The van der Waals surface area contributed by atoms with E-state index >= 15 is 0 Å². The van der Waals surface area contributed by atoms with Gasteiger partial charge in [-0.3, -0.25) is 19.3 Å². The van der Waals surface area contributed by atoms with Crippen LogP contribution in [-0.2, 0) is 19.2 Å². The number of amides is 3. The van der Waals surface area contributed by atoms with Crippen molar-refractivity contribution in [2.45, 2.75) is 22.7 Å². The first-order valence-electron chi connectivity index (χ1n) is 9.99. The monoisotopic (exact) mass is 592 g/mol. The second-order valence-electron chi connectivity index (χ2n) is 7.12. The molecule has 0 radical (unpaired) electrons. The molecule has 1 unspecified atom stereocenters. The van der Waals surface area contributed by atoms with Crippen LogP contribution in [0, 0.1) is 6.92 Å². The molecule has 2 aromatic heterocycles. The number of thiazole rings is 1. The Labute approximate surface area is 248 Å². The van der Waals surface area contributed by atoms with Crippen LogP contribution in [0.3, 0.4) is 0 Å². The van der Waals surface area contributed by atoms with Gasteiger partial charge in [-0.15, -0.1) is 33.3 Å². The quantitative estimate of drug-likeness (QED) is 0.0673. The molecule has 2 aliphatic rings. The number of nitrogens with zero attached hydrogens (tertiary/aromatic N) is 5. The SMILES string of the molecule is CNC(=O)ON=C(C(=O)NC1C(=O)N2C(C(=O)[O-])=C(CSc3nnc(C)s3)CS[C@@H]12)c1csc(N)n1.[Na+]. The first-order chi connectivity index (χ1) is 17.2. The number of hydrogen-bond donors (Lipinski definition) is 3. The molecule has 0 aliphatic carbocycles. The normalized spacial score (nSPS) is 18.9. The molecule has 2 aliphatic heterocycles. The van der Waals surface area contributed by atoms with Gasteiger partial charge in [-0.2, -0.15) is 0 Å². The van der Waals surface area contributed by atoms with Gasteiger partial charge in [0.15, 0.2) is 15.2 Å². The van der Waals surface area contributed by atoms with Crippen LogP contribution in [-0.4, -0.2) is 79.6 Å². The number of carbonyl (C=O) groups excluding carboxylic acids is 4. The smallest absolute Gasteiger partial charge is 0.543 e. The van der Waals surface area contributed by atoms with Crippen molar-refractivity contribution in [3.8, 4) is 0 Å². The number of thioether (sulfide) groups is 2. The van der Waals surface area contributed by atoms with Crippen molar-refractivity contribution in [1.29, 1.82) is 0 Å². The van der Waals surface area contributed by atoms with Crippen LogP contribution in [0.15, 0.2) is 26.1 Å². The molecule has 3 amide bonds. The van der Waals surface area contributed by atoms with Crippen molar-refractivity contribution in [2.24, 2.45) is 5.16 Å². The molecular weight excluding hydrogens is 576 g/mol. The number of fused-ring (bicyclic) bond motifs is 1. The second kappa shape index (κ2) is 12.5. The van der Waals surface area contributed by atoms with E-state index in [4.69, 9.17) is 5.73 Å². The molecule has 4 N–H and O–H groups in total. The molecule has 4 rings (SSSR count). The van der Waals surface area contributed by atoms with Crippen LogP contribution in [0.2, 0.25) is 0 Å².